The molecule has 0 aliphatic carbocycles. The molecular formula is C17H21FN2. The first-order chi connectivity index (χ1) is 9.60. The van der Waals surface area contributed by atoms with Gasteiger partial charge in [0.15, 0.2) is 0 Å². The van der Waals surface area contributed by atoms with Crippen molar-refractivity contribution < 1.29 is 4.39 Å². The zero-order chi connectivity index (χ0) is 14.5. The van der Waals surface area contributed by atoms with Gasteiger partial charge < -0.3 is 5.73 Å². The molecule has 0 aliphatic rings. The Morgan fingerprint density at radius 1 is 1.15 bits per heavy atom. The van der Waals surface area contributed by atoms with Crippen LogP contribution in [0.3, 0.4) is 0 Å². The second-order valence-electron chi connectivity index (χ2n) is 5.21. The summed E-state index contributed by atoms with van der Waals surface area (Å²) in [6, 6.07) is 15.1. The van der Waals surface area contributed by atoms with E-state index in [-0.39, 0.29) is 11.9 Å². The van der Waals surface area contributed by atoms with Gasteiger partial charge in [-0.2, -0.15) is 0 Å². The van der Waals surface area contributed by atoms with E-state index < -0.39 is 0 Å². The molecule has 2 aromatic rings. The quantitative estimate of drug-likeness (QED) is 0.905. The van der Waals surface area contributed by atoms with Crippen molar-refractivity contribution in [3.05, 3.63) is 71.0 Å². The standard InChI is InChI=1S/C17H21FN2/c1-13-5-3-6-14(9-13)12-20(2)17(11-19)15-7-4-8-16(18)10-15/h3-10,17H,11-12,19H2,1-2H3. The Kier molecular flexibility index (Phi) is 4.88. The second-order valence-corrected chi connectivity index (χ2v) is 5.21. The summed E-state index contributed by atoms with van der Waals surface area (Å²) >= 11 is 0. The summed E-state index contributed by atoms with van der Waals surface area (Å²) in [5, 5.41) is 0. The number of hydrogen-bond donors (Lipinski definition) is 1. The number of nitrogens with two attached hydrogens (primary N) is 1. The van der Waals surface area contributed by atoms with E-state index in [1.165, 1.54) is 17.2 Å². The van der Waals surface area contributed by atoms with Crippen molar-refractivity contribution in [2.75, 3.05) is 13.6 Å². The molecule has 0 bridgehead atoms. The van der Waals surface area contributed by atoms with E-state index in [1.54, 1.807) is 12.1 Å². The van der Waals surface area contributed by atoms with E-state index >= 15 is 0 Å². The van der Waals surface area contributed by atoms with Gasteiger partial charge in [-0.15, -0.1) is 0 Å². The van der Waals surface area contributed by atoms with Crippen LogP contribution in [0.4, 0.5) is 4.39 Å². The summed E-state index contributed by atoms with van der Waals surface area (Å²) in [4.78, 5) is 2.16. The zero-order valence-electron chi connectivity index (χ0n) is 12.0. The Hall–Kier alpha value is -1.71. The monoisotopic (exact) mass is 272 g/mol. The first-order valence-electron chi connectivity index (χ1n) is 6.81. The van der Waals surface area contributed by atoms with Crippen LogP contribution in [-0.4, -0.2) is 18.5 Å². The van der Waals surface area contributed by atoms with Gasteiger partial charge in [-0.3, -0.25) is 4.90 Å². The van der Waals surface area contributed by atoms with E-state index in [1.807, 2.05) is 13.1 Å². The Bertz CT molecular complexity index is 568. The first kappa shape index (κ1) is 14.7. The van der Waals surface area contributed by atoms with Crippen LogP contribution in [-0.2, 0) is 6.54 Å². The second kappa shape index (κ2) is 6.64. The van der Waals surface area contributed by atoms with Gasteiger partial charge in [0, 0.05) is 19.1 Å². The van der Waals surface area contributed by atoms with Crippen molar-refractivity contribution in [2.45, 2.75) is 19.5 Å². The highest BCUT2D eigenvalue weighted by Crippen LogP contribution is 2.21. The normalized spacial score (nSPS) is 12.7. The van der Waals surface area contributed by atoms with Crippen LogP contribution in [0, 0.1) is 12.7 Å². The number of likely N-dealkylation sites (N-methyl/N-ethyl adjacent to an activating group) is 1. The number of aryl methyl sites for hydroxylation is 1. The highest BCUT2D eigenvalue weighted by Gasteiger charge is 2.16. The third-order valence-electron chi connectivity index (χ3n) is 3.50. The summed E-state index contributed by atoms with van der Waals surface area (Å²) in [5.74, 6) is -0.218. The van der Waals surface area contributed by atoms with Crippen molar-refractivity contribution in [1.82, 2.24) is 4.90 Å². The summed E-state index contributed by atoms with van der Waals surface area (Å²) in [6.07, 6.45) is 0. The van der Waals surface area contributed by atoms with Crippen LogP contribution in [0.25, 0.3) is 0 Å². The molecular weight excluding hydrogens is 251 g/mol. The lowest BCUT2D eigenvalue weighted by Crippen LogP contribution is -2.30. The minimum absolute atomic E-state index is 0.0196. The molecule has 1 unspecified atom stereocenters. The molecule has 0 spiro atoms. The molecule has 0 aromatic heterocycles. The summed E-state index contributed by atoms with van der Waals surface area (Å²) < 4.78 is 13.3. The summed E-state index contributed by atoms with van der Waals surface area (Å²) in [5.41, 5.74) is 9.27. The average molecular weight is 272 g/mol. The molecule has 2 nitrogen and oxygen atoms in total. The van der Waals surface area contributed by atoms with Gasteiger partial charge in [0.05, 0.1) is 0 Å². The maximum Gasteiger partial charge on any atom is 0.123 e. The molecule has 20 heavy (non-hydrogen) atoms. The van der Waals surface area contributed by atoms with Gasteiger partial charge in [0.25, 0.3) is 0 Å². The van der Waals surface area contributed by atoms with Crippen LogP contribution in [0.1, 0.15) is 22.7 Å². The topological polar surface area (TPSA) is 29.3 Å². The molecule has 2 aromatic carbocycles. The number of rotatable bonds is 5. The van der Waals surface area contributed by atoms with Crippen molar-refractivity contribution in [2.24, 2.45) is 5.73 Å². The number of hydrogen-bond acceptors (Lipinski definition) is 2. The third-order valence-corrected chi connectivity index (χ3v) is 3.50. The Labute approximate surface area is 120 Å². The van der Waals surface area contributed by atoms with E-state index in [9.17, 15) is 4.39 Å². The maximum atomic E-state index is 13.3. The largest absolute Gasteiger partial charge is 0.329 e. The van der Waals surface area contributed by atoms with Gasteiger partial charge in [0.2, 0.25) is 0 Å². The molecule has 0 saturated heterocycles. The molecule has 2 rings (SSSR count). The summed E-state index contributed by atoms with van der Waals surface area (Å²) in [6.45, 7) is 3.34. The van der Waals surface area contributed by atoms with Crippen LogP contribution in [0.5, 0.6) is 0 Å². The van der Waals surface area contributed by atoms with Gasteiger partial charge in [-0.25, -0.2) is 4.39 Å². The van der Waals surface area contributed by atoms with E-state index in [0.29, 0.717) is 6.54 Å². The highest BCUT2D eigenvalue weighted by molar-refractivity contribution is 5.24. The van der Waals surface area contributed by atoms with Gasteiger partial charge in [0.1, 0.15) is 5.82 Å². The molecule has 0 aliphatic heterocycles. The van der Waals surface area contributed by atoms with Crippen molar-refractivity contribution >= 4 is 0 Å². The molecule has 106 valence electrons. The van der Waals surface area contributed by atoms with E-state index in [2.05, 4.69) is 36.1 Å². The first-order valence-corrected chi connectivity index (χ1v) is 6.81. The molecule has 0 radical (unpaired) electrons. The van der Waals surface area contributed by atoms with Crippen molar-refractivity contribution in [3.63, 3.8) is 0 Å². The molecule has 1 atom stereocenters. The lowest BCUT2D eigenvalue weighted by Gasteiger charge is -2.27. The molecule has 3 heteroatoms. The minimum Gasteiger partial charge on any atom is -0.329 e. The minimum atomic E-state index is -0.218. The Balaban J connectivity index is 2.15. The number of benzene rings is 2. The zero-order valence-corrected chi connectivity index (χ0v) is 12.0. The van der Waals surface area contributed by atoms with E-state index in [4.69, 9.17) is 5.73 Å². The van der Waals surface area contributed by atoms with Crippen LogP contribution >= 0.6 is 0 Å². The molecule has 0 fully saturated rings. The van der Waals surface area contributed by atoms with Gasteiger partial charge in [-0.1, -0.05) is 42.0 Å². The molecule has 0 amide bonds. The predicted molar refractivity (Wildman–Crippen MR) is 80.8 cm³/mol. The predicted octanol–water partition coefficient (Wildman–Crippen LogP) is 3.27. The van der Waals surface area contributed by atoms with Crippen LogP contribution in [0.2, 0.25) is 0 Å². The van der Waals surface area contributed by atoms with Crippen LogP contribution < -0.4 is 5.73 Å². The van der Waals surface area contributed by atoms with Crippen molar-refractivity contribution in [1.29, 1.82) is 0 Å². The Morgan fingerprint density at radius 3 is 2.55 bits per heavy atom. The maximum absolute atomic E-state index is 13.3. The fourth-order valence-corrected chi connectivity index (χ4v) is 2.49. The van der Waals surface area contributed by atoms with Crippen molar-refractivity contribution in [3.8, 4) is 0 Å². The van der Waals surface area contributed by atoms with E-state index in [0.717, 1.165) is 12.1 Å². The molecule has 0 saturated carbocycles. The molecule has 0 heterocycles. The average Bonchev–Trinajstić information content (AvgIpc) is 2.39. The van der Waals surface area contributed by atoms with Gasteiger partial charge in [-0.05, 0) is 37.2 Å². The summed E-state index contributed by atoms with van der Waals surface area (Å²) in [7, 11) is 2.02. The van der Waals surface area contributed by atoms with Crippen LogP contribution in [0.15, 0.2) is 48.5 Å². The van der Waals surface area contributed by atoms with Gasteiger partial charge >= 0.3 is 0 Å². The molecule has 2 N–H and O–H groups in total. The smallest absolute Gasteiger partial charge is 0.123 e. The number of halogens is 1. The number of nitrogens with zero attached hydrogens (tertiary/aromatic N) is 1. The fourth-order valence-electron chi connectivity index (χ4n) is 2.49. The SMILES string of the molecule is Cc1cccc(CN(C)C(CN)c2cccc(F)c2)c1. The lowest BCUT2D eigenvalue weighted by molar-refractivity contribution is 0.241. The third kappa shape index (κ3) is 3.65. The Morgan fingerprint density at radius 2 is 1.90 bits per heavy atom. The lowest BCUT2D eigenvalue weighted by atomic mass is 10.0. The highest BCUT2D eigenvalue weighted by atomic mass is 19.1. The fraction of sp³-hybridized carbons (Fsp3) is 0.294.